The Hall–Kier alpha value is -0.940. The normalized spacial score (nSPS) is 20.2. The van der Waals surface area contributed by atoms with Crippen LogP contribution in [-0.4, -0.2) is 54.6 Å². The number of hydrogen-bond acceptors (Lipinski definition) is 4. The van der Waals surface area contributed by atoms with Crippen LogP contribution in [-0.2, 0) is 9.59 Å². The molecule has 1 N–H and O–H groups in total. The largest absolute Gasteiger partial charge is 0.550 e. The Morgan fingerprint density at radius 2 is 1.88 bits per heavy atom. The zero-order valence-electron chi connectivity index (χ0n) is 10.0. The summed E-state index contributed by atoms with van der Waals surface area (Å²) in [5.74, 6) is -1.88. The molecule has 0 aromatic carbocycles. The zero-order valence-corrected chi connectivity index (χ0v) is 10.0. The van der Waals surface area contributed by atoms with Crippen molar-refractivity contribution in [3.8, 4) is 0 Å². The van der Waals surface area contributed by atoms with Crippen LogP contribution in [0.1, 0.15) is 19.3 Å². The van der Waals surface area contributed by atoms with Crippen molar-refractivity contribution < 1.29 is 24.3 Å². The van der Waals surface area contributed by atoms with E-state index in [9.17, 15) is 19.8 Å². The molecule has 16 heavy (non-hydrogen) atoms. The average Bonchev–Trinajstić information content (AvgIpc) is 2.78. The lowest BCUT2D eigenvalue weighted by atomic mass is 9.90. The smallest absolute Gasteiger partial charge is 0.177 e. The van der Waals surface area contributed by atoms with Crippen LogP contribution in [0.25, 0.3) is 0 Å². The minimum absolute atomic E-state index is 0.0936. The molecule has 0 saturated heterocycles. The summed E-state index contributed by atoms with van der Waals surface area (Å²) in [4.78, 5) is 22.5. The Kier molecular flexibility index (Phi) is 3.40. The summed E-state index contributed by atoms with van der Waals surface area (Å²) in [7, 11) is 5.42. The Morgan fingerprint density at radius 3 is 2.19 bits per heavy atom. The van der Waals surface area contributed by atoms with E-state index in [0.29, 0.717) is 4.48 Å². The number of hydrogen-bond donors (Lipinski definition) is 1. The molecular weight excluding hydrogens is 210 g/mol. The summed E-state index contributed by atoms with van der Waals surface area (Å²) in [5.41, 5.74) is -1.78. The van der Waals surface area contributed by atoms with Crippen molar-refractivity contribution >= 4 is 11.8 Å². The van der Waals surface area contributed by atoms with Crippen LogP contribution in [0.5, 0.6) is 0 Å². The maximum absolute atomic E-state index is 11.9. The van der Waals surface area contributed by atoms with Gasteiger partial charge in [-0.15, -0.1) is 0 Å². The Morgan fingerprint density at radius 1 is 1.38 bits per heavy atom. The Labute approximate surface area is 95.3 Å². The fourth-order valence-electron chi connectivity index (χ4n) is 1.97. The third kappa shape index (κ3) is 3.57. The molecule has 92 valence electrons. The summed E-state index contributed by atoms with van der Waals surface area (Å²) >= 11 is 0. The molecule has 0 amide bonds. The Bertz CT molecular complexity index is 304. The van der Waals surface area contributed by atoms with Crippen molar-refractivity contribution in [2.75, 3.05) is 27.7 Å². The van der Waals surface area contributed by atoms with Gasteiger partial charge in [-0.05, 0) is 12.8 Å². The van der Waals surface area contributed by atoms with Crippen molar-refractivity contribution in [3.63, 3.8) is 0 Å². The zero-order chi connectivity index (χ0) is 12.6. The highest BCUT2D eigenvalue weighted by Crippen LogP contribution is 2.35. The van der Waals surface area contributed by atoms with Crippen molar-refractivity contribution in [2.45, 2.75) is 24.9 Å². The van der Waals surface area contributed by atoms with Gasteiger partial charge in [-0.3, -0.25) is 4.79 Å². The highest BCUT2D eigenvalue weighted by molar-refractivity contribution is 5.93. The van der Waals surface area contributed by atoms with E-state index < -0.39 is 18.0 Å². The number of likely N-dealkylation sites (N-methyl/N-ethyl adjacent to an activating group) is 1. The Balaban J connectivity index is 2.82. The maximum Gasteiger partial charge on any atom is 0.177 e. The van der Waals surface area contributed by atoms with Crippen molar-refractivity contribution in [2.24, 2.45) is 5.92 Å². The lowest BCUT2D eigenvalue weighted by Crippen LogP contribution is -2.56. The van der Waals surface area contributed by atoms with E-state index in [1.165, 1.54) is 0 Å². The molecule has 0 radical (unpaired) electrons. The van der Waals surface area contributed by atoms with Crippen LogP contribution < -0.4 is 5.11 Å². The molecule has 0 unspecified atom stereocenters. The van der Waals surface area contributed by atoms with E-state index in [0.717, 1.165) is 12.8 Å². The minimum atomic E-state index is -1.78. The molecule has 1 rings (SSSR count). The number of aliphatic hydroxyl groups is 1. The topological polar surface area (TPSA) is 77.4 Å². The molecule has 0 heterocycles. The molecule has 0 aromatic heterocycles. The molecule has 5 nitrogen and oxygen atoms in total. The number of quaternary nitrogens is 1. The SMILES string of the molecule is C[N+](C)(C)C[C@](O)(CC(=O)[O-])C(=O)C1CC1. The highest BCUT2D eigenvalue weighted by atomic mass is 16.4. The summed E-state index contributed by atoms with van der Waals surface area (Å²) in [6, 6.07) is 0. The number of carbonyl (C=O) groups excluding carboxylic acids is 2. The van der Waals surface area contributed by atoms with Gasteiger partial charge in [-0.25, -0.2) is 0 Å². The number of carboxylic acids is 1. The van der Waals surface area contributed by atoms with Gasteiger partial charge in [-0.1, -0.05) is 0 Å². The molecule has 0 spiro atoms. The average molecular weight is 229 g/mol. The van der Waals surface area contributed by atoms with E-state index in [-0.39, 0.29) is 18.2 Å². The van der Waals surface area contributed by atoms with Crippen molar-refractivity contribution in [1.82, 2.24) is 0 Å². The van der Waals surface area contributed by atoms with Crippen molar-refractivity contribution in [1.29, 1.82) is 0 Å². The minimum Gasteiger partial charge on any atom is -0.550 e. The number of rotatable bonds is 6. The van der Waals surface area contributed by atoms with Gasteiger partial charge in [0.15, 0.2) is 11.4 Å². The van der Waals surface area contributed by atoms with Gasteiger partial charge in [0.05, 0.1) is 21.1 Å². The lowest BCUT2D eigenvalue weighted by molar-refractivity contribution is -0.875. The van der Waals surface area contributed by atoms with Crippen LogP contribution in [0.2, 0.25) is 0 Å². The van der Waals surface area contributed by atoms with Gasteiger partial charge in [0, 0.05) is 18.3 Å². The van der Waals surface area contributed by atoms with Gasteiger partial charge >= 0.3 is 0 Å². The van der Waals surface area contributed by atoms with Crippen LogP contribution in [0, 0.1) is 5.92 Å². The molecule has 0 aliphatic heterocycles. The monoisotopic (exact) mass is 229 g/mol. The number of carboxylic acid groups (broad SMARTS) is 1. The molecule has 0 bridgehead atoms. The standard InChI is InChI=1S/C11H19NO4/c1-12(2,3)7-11(16,6-9(13)14)10(15)8-4-5-8/h8,16H,4-7H2,1-3H3/t11-/m1/s1. The number of nitrogens with zero attached hydrogens (tertiary/aromatic N) is 1. The number of aliphatic carboxylic acids is 1. The first-order valence-corrected chi connectivity index (χ1v) is 5.41. The first-order chi connectivity index (χ1) is 7.14. The highest BCUT2D eigenvalue weighted by Gasteiger charge is 2.47. The van der Waals surface area contributed by atoms with Crippen LogP contribution in [0.15, 0.2) is 0 Å². The predicted molar refractivity (Wildman–Crippen MR) is 55.2 cm³/mol. The van der Waals surface area contributed by atoms with Crippen LogP contribution in [0.3, 0.4) is 0 Å². The van der Waals surface area contributed by atoms with E-state index >= 15 is 0 Å². The second-order valence-corrected chi connectivity index (χ2v) is 5.67. The molecular formula is C11H19NO4. The second-order valence-electron chi connectivity index (χ2n) is 5.67. The second kappa shape index (κ2) is 4.14. The van der Waals surface area contributed by atoms with E-state index in [4.69, 9.17) is 0 Å². The molecule has 1 aliphatic rings. The molecule has 1 atom stereocenters. The number of Topliss-reactive ketones (excluding diaryl/α,β-unsaturated/α-hetero) is 1. The molecule has 1 saturated carbocycles. The van der Waals surface area contributed by atoms with E-state index in [1.807, 2.05) is 0 Å². The van der Waals surface area contributed by atoms with Gasteiger partial charge < -0.3 is 19.5 Å². The fourth-order valence-corrected chi connectivity index (χ4v) is 1.97. The molecule has 0 aromatic rings. The summed E-state index contributed by atoms with van der Waals surface area (Å²) in [6.45, 7) is 0.0936. The summed E-state index contributed by atoms with van der Waals surface area (Å²) in [6.07, 6.45) is 0.897. The van der Waals surface area contributed by atoms with E-state index in [2.05, 4.69) is 0 Å². The lowest BCUT2D eigenvalue weighted by Gasteiger charge is -2.34. The molecule has 1 fully saturated rings. The molecule has 1 aliphatic carbocycles. The quantitative estimate of drug-likeness (QED) is 0.565. The summed E-state index contributed by atoms with van der Waals surface area (Å²) in [5, 5.41) is 20.8. The first-order valence-electron chi connectivity index (χ1n) is 5.41. The third-order valence-corrected chi connectivity index (χ3v) is 2.58. The summed E-state index contributed by atoms with van der Waals surface area (Å²) < 4.78 is 0.336. The number of carbonyl (C=O) groups is 2. The first kappa shape index (κ1) is 13.1. The van der Waals surface area contributed by atoms with Crippen LogP contribution in [0.4, 0.5) is 0 Å². The van der Waals surface area contributed by atoms with Crippen molar-refractivity contribution in [3.05, 3.63) is 0 Å². The van der Waals surface area contributed by atoms with Gasteiger partial charge in [0.25, 0.3) is 0 Å². The predicted octanol–water partition coefficient (Wildman–Crippen LogP) is -1.46. The van der Waals surface area contributed by atoms with Gasteiger partial charge in [0.2, 0.25) is 0 Å². The van der Waals surface area contributed by atoms with Crippen LogP contribution >= 0.6 is 0 Å². The van der Waals surface area contributed by atoms with Gasteiger partial charge in [-0.2, -0.15) is 0 Å². The van der Waals surface area contributed by atoms with Gasteiger partial charge in [0.1, 0.15) is 6.54 Å². The third-order valence-electron chi connectivity index (χ3n) is 2.58. The number of ketones is 1. The molecule has 5 heteroatoms. The fraction of sp³-hybridized carbons (Fsp3) is 0.818. The maximum atomic E-state index is 11.9. The van der Waals surface area contributed by atoms with E-state index in [1.54, 1.807) is 21.1 Å².